The minimum atomic E-state index is -0.530. The summed E-state index contributed by atoms with van der Waals surface area (Å²) < 4.78 is 17.7. The smallest absolute Gasteiger partial charge is 0.184 e. The van der Waals surface area contributed by atoms with Crippen LogP contribution in [0.4, 0.5) is 0 Å². The summed E-state index contributed by atoms with van der Waals surface area (Å²) in [6.07, 6.45) is 0.508. The Morgan fingerprint density at radius 2 is 1.90 bits per heavy atom. The number of fused-ring (bicyclic) bond motifs is 1. The van der Waals surface area contributed by atoms with Crippen LogP contribution in [-0.2, 0) is 14.2 Å². The first-order valence-corrected chi connectivity index (χ1v) is 8.59. The third kappa shape index (κ3) is 2.98. The largest absolute Gasteiger partial charge is 0.390 e. The molecule has 3 unspecified atom stereocenters. The lowest BCUT2D eigenvalue weighted by molar-refractivity contribution is -0.311. The summed E-state index contributed by atoms with van der Waals surface area (Å²) >= 11 is 1.62. The van der Waals surface area contributed by atoms with E-state index in [1.54, 1.807) is 11.8 Å². The number of thioether (sulfide) groups is 1. The summed E-state index contributed by atoms with van der Waals surface area (Å²) in [6.45, 7) is 4.50. The number of hydrogen-bond donors (Lipinski definition) is 1. The molecule has 0 bridgehead atoms. The zero-order valence-electron chi connectivity index (χ0n) is 12.6. The Hall–Kier alpha value is -0.590. The van der Waals surface area contributed by atoms with Gasteiger partial charge in [-0.1, -0.05) is 36.8 Å². The van der Waals surface area contributed by atoms with Crippen LogP contribution in [0.25, 0.3) is 0 Å². The molecule has 116 valence electrons. The number of aliphatic hydroxyl groups excluding tert-OH is 1. The number of aryl methyl sites for hydroxylation is 1. The number of benzene rings is 1. The van der Waals surface area contributed by atoms with Gasteiger partial charge in [0.2, 0.25) is 0 Å². The second-order valence-electron chi connectivity index (χ2n) is 5.80. The average Bonchev–Trinajstić information content (AvgIpc) is 2.51. The molecule has 21 heavy (non-hydrogen) atoms. The van der Waals surface area contributed by atoms with E-state index in [0.717, 1.165) is 5.56 Å². The molecular weight excluding hydrogens is 288 g/mol. The van der Waals surface area contributed by atoms with Gasteiger partial charge in [0, 0.05) is 11.5 Å². The fourth-order valence-electron chi connectivity index (χ4n) is 2.89. The van der Waals surface area contributed by atoms with Crippen LogP contribution < -0.4 is 0 Å². The molecule has 2 fully saturated rings. The van der Waals surface area contributed by atoms with Crippen molar-refractivity contribution in [2.75, 3.05) is 12.9 Å². The van der Waals surface area contributed by atoms with Crippen LogP contribution in [0.3, 0.4) is 0 Å². The number of hydrogen-bond acceptors (Lipinski definition) is 5. The molecule has 0 aliphatic carbocycles. The van der Waals surface area contributed by atoms with Crippen LogP contribution in [-0.4, -0.2) is 41.7 Å². The molecule has 0 radical (unpaired) electrons. The van der Waals surface area contributed by atoms with E-state index < -0.39 is 12.4 Å². The molecule has 0 aromatic heterocycles. The summed E-state index contributed by atoms with van der Waals surface area (Å²) in [6, 6.07) is 8.08. The van der Waals surface area contributed by atoms with Crippen molar-refractivity contribution < 1.29 is 19.3 Å². The van der Waals surface area contributed by atoms with Crippen LogP contribution in [0, 0.1) is 12.8 Å². The minimum Gasteiger partial charge on any atom is -0.390 e. The Bertz CT molecular complexity index is 476. The molecule has 2 saturated heterocycles. The van der Waals surface area contributed by atoms with Gasteiger partial charge in [-0.05, 0) is 13.2 Å². The second-order valence-corrected chi connectivity index (χ2v) is 6.74. The van der Waals surface area contributed by atoms with Crippen molar-refractivity contribution in [3.63, 3.8) is 0 Å². The Balaban J connectivity index is 1.74. The van der Waals surface area contributed by atoms with Crippen molar-refractivity contribution in [3.05, 3.63) is 35.4 Å². The summed E-state index contributed by atoms with van der Waals surface area (Å²) in [5.41, 5.74) is 2.17. The van der Waals surface area contributed by atoms with E-state index in [4.69, 9.17) is 14.2 Å². The Kier molecular flexibility index (Phi) is 4.57. The van der Waals surface area contributed by atoms with Crippen LogP contribution in [0.1, 0.15) is 24.3 Å². The van der Waals surface area contributed by atoms with Crippen molar-refractivity contribution in [2.24, 2.45) is 5.92 Å². The van der Waals surface area contributed by atoms with E-state index in [-0.39, 0.29) is 23.6 Å². The molecule has 1 N–H and O–H groups in total. The van der Waals surface area contributed by atoms with E-state index in [1.165, 1.54) is 5.56 Å². The summed E-state index contributed by atoms with van der Waals surface area (Å²) in [5, 5.41) is 10.5. The predicted octanol–water partition coefficient (Wildman–Crippen LogP) is 2.49. The van der Waals surface area contributed by atoms with Gasteiger partial charge in [-0.25, -0.2) is 0 Å². The highest BCUT2D eigenvalue weighted by molar-refractivity contribution is 7.99. The van der Waals surface area contributed by atoms with Gasteiger partial charge in [-0.3, -0.25) is 0 Å². The van der Waals surface area contributed by atoms with E-state index >= 15 is 0 Å². The van der Waals surface area contributed by atoms with Gasteiger partial charge in [0.1, 0.15) is 17.6 Å². The molecule has 0 spiro atoms. The Labute approximate surface area is 129 Å². The molecular formula is C16H22O4S. The van der Waals surface area contributed by atoms with Gasteiger partial charge in [0.05, 0.1) is 12.7 Å². The summed E-state index contributed by atoms with van der Waals surface area (Å²) in [4.78, 5) is 0. The molecule has 0 amide bonds. The molecule has 1 aromatic carbocycles. The molecule has 2 aliphatic heterocycles. The van der Waals surface area contributed by atoms with Crippen molar-refractivity contribution >= 4 is 11.8 Å². The maximum atomic E-state index is 10.5. The quantitative estimate of drug-likeness (QED) is 0.909. The molecule has 3 rings (SSSR count). The highest BCUT2D eigenvalue weighted by atomic mass is 32.2. The lowest BCUT2D eigenvalue weighted by atomic mass is 9.93. The van der Waals surface area contributed by atoms with Crippen LogP contribution in [0.5, 0.6) is 0 Å². The van der Waals surface area contributed by atoms with Crippen molar-refractivity contribution in [3.8, 4) is 0 Å². The lowest BCUT2D eigenvalue weighted by Gasteiger charge is -2.46. The van der Waals surface area contributed by atoms with Gasteiger partial charge < -0.3 is 19.3 Å². The fourth-order valence-corrected chi connectivity index (χ4v) is 3.73. The molecule has 2 heterocycles. The zero-order chi connectivity index (χ0) is 15.0. The van der Waals surface area contributed by atoms with E-state index in [9.17, 15) is 5.11 Å². The van der Waals surface area contributed by atoms with E-state index in [2.05, 4.69) is 0 Å². The van der Waals surface area contributed by atoms with Gasteiger partial charge in [0.25, 0.3) is 0 Å². The van der Waals surface area contributed by atoms with Crippen molar-refractivity contribution in [1.82, 2.24) is 0 Å². The van der Waals surface area contributed by atoms with Crippen LogP contribution in [0.15, 0.2) is 24.3 Å². The normalized spacial score (nSPS) is 39.8. The lowest BCUT2D eigenvalue weighted by Crippen LogP contribution is -2.57. The highest BCUT2D eigenvalue weighted by Crippen LogP contribution is 2.38. The maximum absolute atomic E-state index is 10.5. The molecule has 2 aliphatic rings. The second kappa shape index (κ2) is 6.26. The highest BCUT2D eigenvalue weighted by Gasteiger charge is 2.47. The molecule has 4 nitrogen and oxygen atoms in total. The maximum Gasteiger partial charge on any atom is 0.184 e. The summed E-state index contributed by atoms with van der Waals surface area (Å²) in [5.74, 6) is 0.0398. The number of ether oxygens (including phenoxy) is 3. The SMILES string of the molecule is CS[C@@H]1OC2COC(c3ccc(C)cc3)O[C@H]2[C@H](O)C1C. The average molecular weight is 310 g/mol. The molecule has 1 aromatic rings. The van der Waals surface area contributed by atoms with Crippen LogP contribution in [0.2, 0.25) is 0 Å². The molecule has 0 saturated carbocycles. The standard InChI is InChI=1S/C16H22O4S/c1-9-4-6-11(7-5-9)15-18-8-12-14(20-15)13(17)10(2)16(19-12)21-3/h4-7,10,12-17H,8H2,1-3H3/t10?,12?,13-,14-,15?,16+/m1/s1. The Morgan fingerprint density at radius 1 is 1.19 bits per heavy atom. The molecule has 5 heteroatoms. The Morgan fingerprint density at radius 3 is 2.57 bits per heavy atom. The summed E-state index contributed by atoms with van der Waals surface area (Å²) in [7, 11) is 0. The van der Waals surface area contributed by atoms with Gasteiger partial charge >= 0.3 is 0 Å². The topological polar surface area (TPSA) is 47.9 Å². The fraction of sp³-hybridized carbons (Fsp3) is 0.625. The number of rotatable bonds is 2. The minimum absolute atomic E-state index is 0.00984. The number of aliphatic hydroxyl groups is 1. The van der Waals surface area contributed by atoms with Gasteiger partial charge in [-0.15, -0.1) is 11.8 Å². The van der Waals surface area contributed by atoms with Gasteiger partial charge in [0.15, 0.2) is 6.29 Å². The van der Waals surface area contributed by atoms with Crippen LogP contribution >= 0.6 is 11.8 Å². The first kappa shape index (κ1) is 15.3. The zero-order valence-corrected chi connectivity index (χ0v) is 13.4. The monoisotopic (exact) mass is 310 g/mol. The van der Waals surface area contributed by atoms with Crippen molar-refractivity contribution in [2.45, 2.75) is 43.9 Å². The first-order chi connectivity index (χ1) is 10.1. The predicted molar refractivity (Wildman–Crippen MR) is 82.1 cm³/mol. The van der Waals surface area contributed by atoms with E-state index in [1.807, 2.05) is 44.4 Å². The first-order valence-electron chi connectivity index (χ1n) is 7.30. The van der Waals surface area contributed by atoms with Gasteiger partial charge in [-0.2, -0.15) is 0 Å². The third-order valence-electron chi connectivity index (χ3n) is 4.25. The molecule has 6 atom stereocenters. The van der Waals surface area contributed by atoms with Crippen molar-refractivity contribution in [1.29, 1.82) is 0 Å². The van der Waals surface area contributed by atoms with E-state index in [0.29, 0.717) is 6.61 Å². The third-order valence-corrected chi connectivity index (χ3v) is 5.26.